The number of thiocarbonyl (C=S) groups is 1. The van der Waals surface area contributed by atoms with E-state index in [9.17, 15) is 15.3 Å². The number of nitrogens with one attached hydrogen (secondary N) is 2. The maximum atomic E-state index is 10.5. The maximum Gasteiger partial charge on any atom is 0.170 e. The first-order valence-electron chi connectivity index (χ1n) is 11.5. The molecule has 5 N–H and O–H groups in total. The first kappa shape index (κ1) is 23.1. The summed E-state index contributed by atoms with van der Waals surface area (Å²) in [6.45, 7) is 3.34. The molecule has 0 saturated carbocycles. The van der Waals surface area contributed by atoms with Crippen LogP contribution in [0.1, 0.15) is 31.7 Å². The van der Waals surface area contributed by atoms with Gasteiger partial charge in [-0.25, -0.2) is 0 Å². The zero-order valence-corrected chi connectivity index (χ0v) is 19.3. The van der Waals surface area contributed by atoms with E-state index < -0.39 is 24.4 Å². The summed E-state index contributed by atoms with van der Waals surface area (Å²) in [6, 6.07) is 16.1. The van der Waals surface area contributed by atoms with Crippen LogP contribution in [0.4, 0.5) is 5.69 Å². The Kier molecular flexibility index (Phi) is 7.43. The minimum Gasteiger partial charge on any atom is -0.391 e. The molecule has 0 aromatic heterocycles. The second-order valence-corrected chi connectivity index (χ2v) is 9.25. The second-order valence-electron chi connectivity index (χ2n) is 8.85. The highest BCUT2D eigenvalue weighted by Crippen LogP contribution is 2.32. The highest BCUT2D eigenvalue weighted by molar-refractivity contribution is 7.80. The number of benzene rings is 2. The van der Waals surface area contributed by atoms with Crippen LogP contribution in [0.2, 0.25) is 0 Å². The van der Waals surface area contributed by atoms with Crippen molar-refractivity contribution in [1.82, 2.24) is 10.2 Å². The molecular weight excluding hydrogens is 422 g/mol. The Morgan fingerprint density at radius 2 is 1.66 bits per heavy atom. The van der Waals surface area contributed by atoms with Gasteiger partial charge >= 0.3 is 0 Å². The smallest absolute Gasteiger partial charge is 0.170 e. The van der Waals surface area contributed by atoms with E-state index in [-0.39, 0.29) is 6.04 Å². The van der Waals surface area contributed by atoms with Crippen molar-refractivity contribution in [2.75, 3.05) is 18.4 Å². The van der Waals surface area contributed by atoms with Crippen LogP contribution in [-0.4, -0.2) is 68.8 Å². The van der Waals surface area contributed by atoms with Gasteiger partial charge in [0.1, 0.15) is 0 Å². The van der Waals surface area contributed by atoms with E-state index in [0.717, 1.165) is 37.1 Å². The molecule has 2 heterocycles. The molecule has 0 radical (unpaired) electrons. The van der Waals surface area contributed by atoms with Gasteiger partial charge in [0, 0.05) is 12.2 Å². The summed E-state index contributed by atoms with van der Waals surface area (Å²) in [6.07, 6.45) is 1.30. The Bertz CT molecular complexity index is 906. The Labute approximate surface area is 195 Å². The number of anilines is 1. The van der Waals surface area contributed by atoms with E-state index >= 15 is 0 Å². The van der Waals surface area contributed by atoms with Crippen LogP contribution in [0.15, 0.2) is 48.5 Å². The van der Waals surface area contributed by atoms with Crippen molar-refractivity contribution in [1.29, 1.82) is 0 Å². The monoisotopic (exact) mass is 455 g/mol. The van der Waals surface area contributed by atoms with Gasteiger partial charge in [0.15, 0.2) is 5.11 Å². The number of hydrogen-bond acceptors (Lipinski definition) is 5. The van der Waals surface area contributed by atoms with Crippen LogP contribution in [-0.2, 0) is 6.42 Å². The van der Waals surface area contributed by atoms with Crippen molar-refractivity contribution in [3.8, 4) is 11.1 Å². The average molecular weight is 456 g/mol. The molecule has 172 valence electrons. The summed E-state index contributed by atoms with van der Waals surface area (Å²) >= 11 is 5.44. The number of nitrogens with zero attached hydrogens (tertiary/aromatic N) is 1. The van der Waals surface area contributed by atoms with Gasteiger partial charge in [0.05, 0.1) is 30.4 Å². The van der Waals surface area contributed by atoms with E-state index in [2.05, 4.69) is 54.0 Å². The predicted octanol–water partition coefficient (Wildman–Crippen LogP) is 2.52. The molecule has 2 saturated heterocycles. The van der Waals surface area contributed by atoms with E-state index in [0.29, 0.717) is 18.1 Å². The van der Waals surface area contributed by atoms with Gasteiger partial charge < -0.3 is 26.0 Å². The summed E-state index contributed by atoms with van der Waals surface area (Å²) < 4.78 is 0. The Morgan fingerprint density at radius 3 is 2.31 bits per heavy atom. The molecule has 2 aliphatic rings. The lowest BCUT2D eigenvalue weighted by molar-refractivity contribution is -0.0291. The van der Waals surface area contributed by atoms with Gasteiger partial charge in [0.25, 0.3) is 0 Å². The van der Waals surface area contributed by atoms with E-state index in [1.54, 1.807) is 0 Å². The van der Waals surface area contributed by atoms with Gasteiger partial charge in [-0.1, -0.05) is 49.7 Å². The van der Waals surface area contributed by atoms with Gasteiger partial charge in [-0.15, -0.1) is 0 Å². The lowest BCUT2D eigenvalue weighted by Crippen LogP contribution is -2.52. The molecule has 32 heavy (non-hydrogen) atoms. The molecule has 4 rings (SSSR count). The zero-order chi connectivity index (χ0) is 22.7. The fourth-order valence-corrected chi connectivity index (χ4v) is 5.17. The first-order chi connectivity index (χ1) is 15.5. The van der Waals surface area contributed by atoms with Crippen LogP contribution in [0, 0.1) is 0 Å². The van der Waals surface area contributed by atoms with E-state index in [1.807, 2.05) is 17.0 Å². The Hall–Kier alpha value is -2.03. The average Bonchev–Trinajstić information content (AvgIpc) is 3.04. The third-order valence-corrected chi connectivity index (χ3v) is 6.90. The number of rotatable bonds is 6. The molecule has 2 aromatic carbocycles. The molecule has 2 aromatic rings. The largest absolute Gasteiger partial charge is 0.391 e. The second kappa shape index (κ2) is 10.3. The number of aliphatic hydroxyl groups is 3. The van der Waals surface area contributed by atoms with Crippen LogP contribution in [0.5, 0.6) is 0 Å². The molecule has 0 spiro atoms. The highest BCUT2D eigenvalue weighted by Gasteiger charge is 2.51. The standard InChI is InChI=1S/C25H33N3O3S/c1-2-4-16-6-8-17(9-7-16)18-10-12-19(13-11-18)27-25(32)26-15-20-23(30)24(31)22-21(29)5-3-14-28(20)22/h6-13,20-24,29-31H,2-5,14-15H2,1H3,(H2,26,27,32)/t20-,21-,22-,23-,24+/m1/s1. The van der Waals surface area contributed by atoms with Gasteiger partial charge in [-0.3, -0.25) is 4.90 Å². The fourth-order valence-electron chi connectivity index (χ4n) is 4.97. The van der Waals surface area contributed by atoms with Crippen LogP contribution in [0.25, 0.3) is 11.1 Å². The fraction of sp³-hybridized carbons (Fsp3) is 0.480. The van der Waals surface area contributed by atoms with Crippen molar-refractivity contribution in [2.24, 2.45) is 0 Å². The molecule has 0 amide bonds. The van der Waals surface area contributed by atoms with Crippen molar-refractivity contribution in [2.45, 2.75) is 63.0 Å². The normalized spacial score (nSPS) is 27.7. The lowest BCUT2D eigenvalue weighted by Gasteiger charge is -2.37. The molecule has 7 heteroatoms. The van der Waals surface area contributed by atoms with Crippen molar-refractivity contribution in [3.63, 3.8) is 0 Å². The van der Waals surface area contributed by atoms with E-state index in [4.69, 9.17) is 12.2 Å². The van der Waals surface area contributed by atoms with Gasteiger partial charge in [-0.05, 0) is 66.8 Å². The van der Waals surface area contributed by atoms with Crippen molar-refractivity contribution < 1.29 is 15.3 Å². The lowest BCUT2D eigenvalue weighted by atomic mass is 9.97. The minimum absolute atomic E-state index is 0.289. The number of aliphatic hydroxyl groups excluding tert-OH is 3. The third kappa shape index (κ3) is 4.97. The number of piperidine rings is 1. The Morgan fingerprint density at radius 1 is 1.00 bits per heavy atom. The summed E-state index contributed by atoms with van der Waals surface area (Å²) in [5, 5.41) is 37.9. The molecular formula is C25H33N3O3S. The van der Waals surface area contributed by atoms with Crippen molar-refractivity contribution in [3.05, 3.63) is 54.1 Å². The molecule has 6 nitrogen and oxygen atoms in total. The molecule has 5 atom stereocenters. The molecule has 2 aliphatic heterocycles. The minimum atomic E-state index is -0.942. The molecule has 0 bridgehead atoms. The van der Waals surface area contributed by atoms with Gasteiger partial charge in [-0.2, -0.15) is 0 Å². The topological polar surface area (TPSA) is 88.0 Å². The van der Waals surface area contributed by atoms with Crippen LogP contribution in [0.3, 0.4) is 0 Å². The SMILES string of the molecule is CCCc1ccc(-c2ccc(NC(=S)NC[C@@H]3[C@@H](O)[C@@H](O)[C@H]4[C@H](O)CCCN43)cc2)cc1. The van der Waals surface area contributed by atoms with Crippen LogP contribution >= 0.6 is 12.2 Å². The number of hydrogen-bond donors (Lipinski definition) is 5. The van der Waals surface area contributed by atoms with E-state index in [1.165, 1.54) is 11.1 Å². The summed E-state index contributed by atoms with van der Waals surface area (Å²) in [4.78, 5) is 2.01. The zero-order valence-electron chi connectivity index (χ0n) is 18.4. The summed E-state index contributed by atoms with van der Waals surface area (Å²) in [5.41, 5.74) is 4.57. The third-order valence-electron chi connectivity index (χ3n) is 6.65. The van der Waals surface area contributed by atoms with Gasteiger partial charge in [0.2, 0.25) is 0 Å². The first-order valence-corrected chi connectivity index (χ1v) is 11.9. The summed E-state index contributed by atoms with van der Waals surface area (Å²) in [7, 11) is 0. The molecule has 0 aliphatic carbocycles. The molecule has 2 fully saturated rings. The maximum absolute atomic E-state index is 10.5. The Balaban J connectivity index is 1.31. The molecule has 0 unspecified atom stereocenters. The quantitative estimate of drug-likeness (QED) is 0.428. The highest BCUT2D eigenvalue weighted by atomic mass is 32.1. The van der Waals surface area contributed by atoms with Crippen LogP contribution < -0.4 is 10.6 Å². The predicted molar refractivity (Wildman–Crippen MR) is 132 cm³/mol. The number of fused-ring (bicyclic) bond motifs is 1. The number of aryl methyl sites for hydroxylation is 1. The van der Waals surface area contributed by atoms with Crippen molar-refractivity contribution >= 4 is 23.0 Å². The summed E-state index contributed by atoms with van der Waals surface area (Å²) in [5.74, 6) is 0.